The van der Waals surface area contributed by atoms with Gasteiger partial charge in [0.15, 0.2) is 0 Å². The van der Waals surface area contributed by atoms with Crippen LogP contribution in [0.4, 0.5) is 0 Å². The lowest BCUT2D eigenvalue weighted by atomic mass is 9.82. The molecule has 0 unspecified atom stereocenters. The minimum atomic E-state index is -2.26. The molecule has 1 heterocycles. The highest BCUT2D eigenvalue weighted by Gasteiger charge is 2.52. The van der Waals surface area contributed by atoms with E-state index in [-0.39, 0.29) is 30.8 Å². The first-order valence-corrected chi connectivity index (χ1v) is 16.0. The van der Waals surface area contributed by atoms with E-state index >= 15 is 0 Å². The number of aliphatic hydroxyl groups is 1. The molecule has 7 atom stereocenters. The molecule has 1 saturated heterocycles. The van der Waals surface area contributed by atoms with Gasteiger partial charge in [-0.1, -0.05) is 91.8 Å². The van der Waals surface area contributed by atoms with Crippen molar-refractivity contribution in [3.05, 3.63) is 48.6 Å². The van der Waals surface area contributed by atoms with Gasteiger partial charge in [0.2, 0.25) is 8.32 Å². The van der Waals surface area contributed by atoms with E-state index in [0.717, 1.165) is 5.56 Å². The van der Waals surface area contributed by atoms with Crippen molar-refractivity contribution in [2.45, 2.75) is 109 Å². The highest BCUT2D eigenvalue weighted by atomic mass is 28.4. The molecule has 0 amide bonds. The molecular weight excluding hydrogens is 484 g/mol. The summed E-state index contributed by atoms with van der Waals surface area (Å²) in [6.45, 7) is 22.7. The van der Waals surface area contributed by atoms with Crippen molar-refractivity contribution >= 4 is 8.32 Å². The lowest BCUT2D eigenvalue weighted by Gasteiger charge is -2.51. The minimum absolute atomic E-state index is 0.0596. The van der Waals surface area contributed by atoms with Crippen molar-refractivity contribution in [3.8, 4) is 0 Å². The molecule has 6 nitrogen and oxygen atoms in total. The van der Waals surface area contributed by atoms with Crippen LogP contribution in [0.15, 0.2) is 43.0 Å². The third-order valence-electron chi connectivity index (χ3n) is 8.11. The second-order valence-electron chi connectivity index (χ2n) is 11.5. The summed E-state index contributed by atoms with van der Waals surface area (Å²) in [6, 6.07) is 10.1. The monoisotopic (exact) mass is 536 g/mol. The van der Waals surface area contributed by atoms with Crippen LogP contribution in [0.1, 0.15) is 61.0 Å². The maximum Gasteiger partial charge on any atom is 0.201 e. The predicted molar refractivity (Wildman–Crippen MR) is 152 cm³/mol. The maximum atomic E-state index is 11.4. The summed E-state index contributed by atoms with van der Waals surface area (Å²) in [7, 11) is -0.635. The Labute approximate surface area is 226 Å². The molecule has 1 aromatic carbocycles. The number of methoxy groups -OCH3 is 1. The van der Waals surface area contributed by atoms with Gasteiger partial charge >= 0.3 is 0 Å². The third kappa shape index (κ3) is 7.75. The maximum absolute atomic E-state index is 11.4. The van der Waals surface area contributed by atoms with Crippen molar-refractivity contribution in [1.82, 2.24) is 0 Å². The molecule has 1 aliphatic heterocycles. The highest BCUT2D eigenvalue weighted by Crippen LogP contribution is 2.45. The Morgan fingerprint density at radius 2 is 1.59 bits per heavy atom. The Kier molecular flexibility index (Phi) is 13.0. The molecule has 7 heteroatoms. The SMILES string of the molecule is C=C[C@H](C)[C@H]1O[C@H]([C@@H](COCOC)O[Si](C(C)C)(C(C)C)C(C)C)[C@@H](C)[C@H](OCc2ccccc2)[C@@H]1O. The second-order valence-corrected chi connectivity index (χ2v) is 16.9. The molecule has 0 bridgehead atoms. The standard InChI is InChI=1S/C30H52O6Si/c1-11-23(8)28-27(31)30(34-17-25-15-13-12-14-16-25)24(9)29(35-28)26(18-33-19-32-10)36-37(20(2)3,21(4)5)22(6)7/h11-16,20-24,26-31H,1,17-19H2,2-10H3/t23-,24+,26+,27+,28+,29-,30-/m0/s1. The van der Waals surface area contributed by atoms with Crippen molar-refractivity contribution in [2.24, 2.45) is 11.8 Å². The quantitative estimate of drug-likeness (QED) is 0.122. The molecule has 0 radical (unpaired) electrons. The number of hydrogen-bond acceptors (Lipinski definition) is 6. The summed E-state index contributed by atoms with van der Waals surface area (Å²) in [5.41, 5.74) is 2.31. The predicted octanol–water partition coefficient (Wildman–Crippen LogP) is 6.34. The molecule has 212 valence electrons. The van der Waals surface area contributed by atoms with E-state index in [9.17, 15) is 5.11 Å². The van der Waals surface area contributed by atoms with E-state index in [2.05, 4.69) is 55.0 Å². The largest absolute Gasteiger partial charge is 0.408 e. The molecule has 0 aromatic heterocycles. The van der Waals surface area contributed by atoms with Crippen LogP contribution in [0.2, 0.25) is 16.6 Å². The van der Waals surface area contributed by atoms with Gasteiger partial charge in [0, 0.05) is 18.9 Å². The zero-order chi connectivity index (χ0) is 27.8. The summed E-state index contributed by atoms with van der Waals surface area (Å²) in [4.78, 5) is 0. The van der Waals surface area contributed by atoms with Gasteiger partial charge in [0.05, 0.1) is 37.6 Å². The van der Waals surface area contributed by atoms with Crippen molar-refractivity contribution in [2.75, 3.05) is 20.5 Å². The van der Waals surface area contributed by atoms with Gasteiger partial charge in [-0.15, -0.1) is 6.58 Å². The van der Waals surface area contributed by atoms with Crippen molar-refractivity contribution in [3.63, 3.8) is 0 Å². The lowest BCUT2D eigenvalue weighted by Crippen LogP contribution is -2.62. The Morgan fingerprint density at radius 3 is 2.11 bits per heavy atom. The summed E-state index contributed by atoms with van der Waals surface area (Å²) < 4.78 is 31.5. The van der Waals surface area contributed by atoms with Crippen LogP contribution in [0.5, 0.6) is 0 Å². The van der Waals surface area contributed by atoms with E-state index in [1.807, 2.05) is 43.3 Å². The van der Waals surface area contributed by atoms with E-state index in [0.29, 0.717) is 29.8 Å². The zero-order valence-electron chi connectivity index (χ0n) is 24.6. The number of benzene rings is 1. The Balaban J connectivity index is 2.45. The van der Waals surface area contributed by atoms with Crippen molar-refractivity contribution < 1.29 is 28.5 Å². The van der Waals surface area contributed by atoms with Crippen LogP contribution in [-0.4, -0.2) is 64.5 Å². The molecule has 2 rings (SSSR count). The molecule has 37 heavy (non-hydrogen) atoms. The van der Waals surface area contributed by atoms with Crippen LogP contribution in [-0.2, 0) is 30.0 Å². The smallest absolute Gasteiger partial charge is 0.201 e. The molecule has 1 N–H and O–H groups in total. The van der Waals surface area contributed by atoms with Crippen molar-refractivity contribution in [1.29, 1.82) is 0 Å². The van der Waals surface area contributed by atoms with Gasteiger partial charge in [-0.05, 0) is 22.2 Å². The fourth-order valence-corrected chi connectivity index (χ4v) is 11.7. The Morgan fingerprint density at radius 1 is 1.00 bits per heavy atom. The Bertz CT molecular complexity index is 764. The molecule has 0 saturated carbocycles. The van der Waals surface area contributed by atoms with Crippen LogP contribution < -0.4 is 0 Å². The Hall–Kier alpha value is -1.06. The van der Waals surface area contributed by atoms with Gasteiger partial charge in [-0.2, -0.15) is 0 Å². The summed E-state index contributed by atoms with van der Waals surface area (Å²) >= 11 is 0. The van der Waals surface area contributed by atoms with Crippen LogP contribution >= 0.6 is 0 Å². The molecule has 1 aliphatic rings. The number of aliphatic hydroxyl groups excluding tert-OH is 1. The van der Waals surface area contributed by atoms with Gasteiger partial charge in [-0.25, -0.2) is 0 Å². The molecular formula is C30H52O6Si. The van der Waals surface area contributed by atoms with E-state index in [1.54, 1.807) is 7.11 Å². The number of hydrogen-bond donors (Lipinski definition) is 1. The number of rotatable bonds is 15. The van der Waals surface area contributed by atoms with Gasteiger partial charge in [0.25, 0.3) is 0 Å². The minimum Gasteiger partial charge on any atom is -0.408 e. The summed E-state index contributed by atoms with van der Waals surface area (Å²) in [5, 5.41) is 11.4. The van der Waals surface area contributed by atoms with Crippen LogP contribution in [0, 0.1) is 11.8 Å². The zero-order valence-corrected chi connectivity index (χ0v) is 25.6. The molecule has 1 fully saturated rings. The summed E-state index contributed by atoms with van der Waals surface area (Å²) in [5.74, 6) is -0.183. The van der Waals surface area contributed by atoms with E-state index in [4.69, 9.17) is 23.4 Å². The van der Waals surface area contributed by atoms with Gasteiger partial charge in [-0.3, -0.25) is 0 Å². The van der Waals surface area contributed by atoms with E-state index < -0.39 is 26.6 Å². The average Bonchev–Trinajstić information content (AvgIpc) is 2.86. The fourth-order valence-electron chi connectivity index (χ4n) is 6.20. The number of ether oxygens (including phenoxy) is 4. The van der Waals surface area contributed by atoms with Gasteiger partial charge < -0.3 is 28.5 Å². The first-order valence-electron chi connectivity index (χ1n) is 13.9. The highest BCUT2D eigenvalue weighted by molar-refractivity contribution is 6.77. The third-order valence-corrected chi connectivity index (χ3v) is 14.2. The first-order chi connectivity index (χ1) is 17.5. The lowest BCUT2D eigenvalue weighted by molar-refractivity contribution is -0.244. The molecule has 0 spiro atoms. The normalized spacial score (nSPS) is 26.6. The van der Waals surface area contributed by atoms with Crippen LogP contribution in [0.3, 0.4) is 0 Å². The molecule has 0 aliphatic carbocycles. The van der Waals surface area contributed by atoms with E-state index in [1.165, 1.54) is 0 Å². The summed E-state index contributed by atoms with van der Waals surface area (Å²) in [6.07, 6.45) is -0.475. The second kappa shape index (κ2) is 14.9. The van der Waals surface area contributed by atoms with Crippen LogP contribution in [0.25, 0.3) is 0 Å². The van der Waals surface area contributed by atoms with Gasteiger partial charge in [0.1, 0.15) is 12.9 Å². The average molecular weight is 537 g/mol. The fraction of sp³-hybridized carbons (Fsp3) is 0.733. The molecule has 1 aromatic rings. The first kappa shape index (κ1) is 32.2. The topological polar surface area (TPSA) is 66.4 Å².